The predicted molar refractivity (Wildman–Crippen MR) is 119 cm³/mol. The standard InChI is InChI=1S/C23H25N3O6/c1-28-16-2-4-17(5-3-16)30-11-8-26-19-15-21-20(31-12-13-32-21)14-18(19)24-22(23(26)27)25-6-9-29-10-7-25/h2-5,14-15H,6-13H2,1H3. The van der Waals surface area contributed by atoms with Crippen LogP contribution in [0, 0.1) is 0 Å². The molecule has 0 radical (unpaired) electrons. The van der Waals surface area contributed by atoms with Gasteiger partial charge in [0.1, 0.15) is 31.3 Å². The van der Waals surface area contributed by atoms with Crippen LogP contribution in [-0.2, 0) is 11.3 Å². The van der Waals surface area contributed by atoms with Gasteiger partial charge in [-0.15, -0.1) is 0 Å². The number of fused-ring (bicyclic) bond motifs is 2. The maximum atomic E-state index is 13.4. The quantitative estimate of drug-likeness (QED) is 0.577. The first-order chi connectivity index (χ1) is 15.7. The van der Waals surface area contributed by atoms with Gasteiger partial charge in [-0.25, -0.2) is 4.98 Å². The average Bonchev–Trinajstić information content (AvgIpc) is 2.85. The molecule has 0 aliphatic carbocycles. The SMILES string of the molecule is COc1ccc(OCCn2c(=O)c(N3CCOCC3)nc3cc4c(cc32)OCCO4)cc1. The Morgan fingerprint density at radius 3 is 2.38 bits per heavy atom. The van der Waals surface area contributed by atoms with E-state index in [2.05, 4.69) is 0 Å². The molecule has 1 fully saturated rings. The fourth-order valence-corrected chi connectivity index (χ4v) is 3.89. The second kappa shape index (κ2) is 8.96. The fraction of sp³-hybridized carbons (Fsp3) is 0.391. The van der Waals surface area contributed by atoms with Crippen molar-refractivity contribution in [1.29, 1.82) is 0 Å². The number of nitrogens with zero attached hydrogens (tertiary/aromatic N) is 3. The smallest absolute Gasteiger partial charge is 0.294 e. The highest BCUT2D eigenvalue weighted by atomic mass is 16.6. The topological polar surface area (TPSA) is 84.3 Å². The van der Waals surface area contributed by atoms with Crippen molar-refractivity contribution >= 4 is 16.9 Å². The van der Waals surface area contributed by atoms with Gasteiger partial charge in [0.15, 0.2) is 17.3 Å². The summed E-state index contributed by atoms with van der Waals surface area (Å²) in [6.07, 6.45) is 0. The lowest BCUT2D eigenvalue weighted by atomic mass is 10.2. The second-order valence-electron chi connectivity index (χ2n) is 7.50. The lowest BCUT2D eigenvalue weighted by Gasteiger charge is -2.28. The molecule has 2 aromatic carbocycles. The Kier molecular flexibility index (Phi) is 5.72. The van der Waals surface area contributed by atoms with Crippen LogP contribution in [-0.4, -0.2) is 62.8 Å². The number of benzene rings is 2. The van der Waals surface area contributed by atoms with E-state index in [-0.39, 0.29) is 5.56 Å². The van der Waals surface area contributed by atoms with E-state index in [0.717, 1.165) is 5.75 Å². The Balaban J connectivity index is 1.49. The normalized spacial score (nSPS) is 15.6. The second-order valence-corrected chi connectivity index (χ2v) is 7.50. The summed E-state index contributed by atoms with van der Waals surface area (Å²) in [6, 6.07) is 11.0. The molecule has 3 heterocycles. The van der Waals surface area contributed by atoms with Crippen molar-refractivity contribution in [2.45, 2.75) is 6.54 Å². The van der Waals surface area contributed by atoms with Gasteiger partial charge in [0.2, 0.25) is 0 Å². The Morgan fingerprint density at radius 2 is 1.66 bits per heavy atom. The fourth-order valence-electron chi connectivity index (χ4n) is 3.89. The van der Waals surface area contributed by atoms with Gasteiger partial charge in [0.25, 0.3) is 5.56 Å². The van der Waals surface area contributed by atoms with Gasteiger partial charge < -0.3 is 33.2 Å². The van der Waals surface area contributed by atoms with Gasteiger partial charge in [0.05, 0.1) is 37.9 Å². The average molecular weight is 439 g/mol. The van der Waals surface area contributed by atoms with Crippen molar-refractivity contribution in [2.75, 3.05) is 58.1 Å². The molecule has 0 unspecified atom stereocenters. The molecule has 1 aromatic heterocycles. The molecule has 9 nitrogen and oxygen atoms in total. The van der Waals surface area contributed by atoms with Crippen LogP contribution in [0.15, 0.2) is 41.2 Å². The first-order valence-corrected chi connectivity index (χ1v) is 10.7. The number of rotatable bonds is 6. The van der Waals surface area contributed by atoms with Crippen molar-refractivity contribution in [3.05, 3.63) is 46.8 Å². The summed E-state index contributed by atoms with van der Waals surface area (Å²) in [5, 5.41) is 0. The number of anilines is 1. The van der Waals surface area contributed by atoms with Crippen molar-refractivity contribution in [3.8, 4) is 23.0 Å². The Hall–Kier alpha value is -3.46. The predicted octanol–water partition coefficient (Wildman–Crippen LogP) is 2.09. The summed E-state index contributed by atoms with van der Waals surface area (Å²) in [5.74, 6) is 3.15. The minimum absolute atomic E-state index is 0.158. The van der Waals surface area contributed by atoms with Crippen LogP contribution in [0.1, 0.15) is 0 Å². The monoisotopic (exact) mass is 439 g/mol. The zero-order chi connectivity index (χ0) is 21.9. The molecular formula is C23H25N3O6. The minimum Gasteiger partial charge on any atom is -0.497 e. The van der Waals surface area contributed by atoms with E-state index in [1.54, 1.807) is 11.7 Å². The molecule has 1 saturated heterocycles. The Labute approximate surface area is 185 Å². The van der Waals surface area contributed by atoms with E-state index in [9.17, 15) is 4.79 Å². The number of hydrogen-bond acceptors (Lipinski definition) is 8. The van der Waals surface area contributed by atoms with E-state index in [0.29, 0.717) is 86.8 Å². The number of morpholine rings is 1. The number of ether oxygens (including phenoxy) is 5. The summed E-state index contributed by atoms with van der Waals surface area (Å²) in [5.41, 5.74) is 1.21. The van der Waals surface area contributed by atoms with Gasteiger partial charge in [-0.3, -0.25) is 4.79 Å². The van der Waals surface area contributed by atoms with Crippen LogP contribution in [0.4, 0.5) is 5.82 Å². The third-order valence-corrected chi connectivity index (χ3v) is 5.55. The lowest BCUT2D eigenvalue weighted by molar-refractivity contribution is 0.122. The van der Waals surface area contributed by atoms with Gasteiger partial charge in [-0.05, 0) is 24.3 Å². The first kappa shape index (κ1) is 20.4. The summed E-state index contributed by atoms with van der Waals surface area (Å²) in [7, 11) is 1.62. The van der Waals surface area contributed by atoms with E-state index in [1.165, 1.54) is 0 Å². The molecule has 3 aromatic rings. The van der Waals surface area contributed by atoms with Crippen LogP contribution in [0.2, 0.25) is 0 Å². The van der Waals surface area contributed by atoms with Crippen molar-refractivity contribution in [2.24, 2.45) is 0 Å². The molecule has 9 heteroatoms. The highest BCUT2D eigenvalue weighted by Crippen LogP contribution is 2.34. The zero-order valence-corrected chi connectivity index (χ0v) is 17.9. The Bertz CT molecular complexity index is 1160. The largest absolute Gasteiger partial charge is 0.497 e. The van der Waals surface area contributed by atoms with Crippen LogP contribution in [0.5, 0.6) is 23.0 Å². The summed E-state index contributed by atoms with van der Waals surface area (Å²) >= 11 is 0. The maximum absolute atomic E-state index is 13.4. The summed E-state index contributed by atoms with van der Waals surface area (Å²) < 4.78 is 29.7. The van der Waals surface area contributed by atoms with Gasteiger partial charge in [0, 0.05) is 25.2 Å². The maximum Gasteiger partial charge on any atom is 0.294 e. The highest BCUT2D eigenvalue weighted by molar-refractivity contribution is 5.81. The van der Waals surface area contributed by atoms with Gasteiger partial charge in [-0.1, -0.05) is 0 Å². The molecule has 2 aliphatic heterocycles. The lowest BCUT2D eigenvalue weighted by Crippen LogP contribution is -2.41. The molecule has 5 rings (SSSR count). The number of hydrogen-bond donors (Lipinski definition) is 0. The van der Waals surface area contributed by atoms with Crippen molar-refractivity contribution < 1.29 is 23.7 Å². The van der Waals surface area contributed by atoms with E-state index < -0.39 is 0 Å². The molecule has 0 amide bonds. The van der Waals surface area contributed by atoms with Crippen LogP contribution in [0.3, 0.4) is 0 Å². The van der Waals surface area contributed by atoms with Crippen molar-refractivity contribution in [3.63, 3.8) is 0 Å². The molecule has 0 atom stereocenters. The van der Waals surface area contributed by atoms with Crippen molar-refractivity contribution in [1.82, 2.24) is 9.55 Å². The van der Waals surface area contributed by atoms with Crippen LogP contribution >= 0.6 is 0 Å². The van der Waals surface area contributed by atoms with Crippen LogP contribution in [0.25, 0.3) is 11.0 Å². The third kappa shape index (κ3) is 4.03. The zero-order valence-electron chi connectivity index (χ0n) is 17.9. The number of aromatic nitrogens is 2. The van der Waals surface area contributed by atoms with E-state index in [4.69, 9.17) is 28.7 Å². The third-order valence-electron chi connectivity index (χ3n) is 5.55. The minimum atomic E-state index is -0.158. The molecule has 0 saturated carbocycles. The molecule has 0 spiro atoms. The first-order valence-electron chi connectivity index (χ1n) is 10.7. The Morgan fingerprint density at radius 1 is 0.969 bits per heavy atom. The molecular weight excluding hydrogens is 414 g/mol. The highest BCUT2D eigenvalue weighted by Gasteiger charge is 2.22. The molecule has 32 heavy (non-hydrogen) atoms. The molecule has 168 valence electrons. The molecule has 2 aliphatic rings. The molecule has 0 bridgehead atoms. The van der Waals surface area contributed by atoms with E-state index in [1.807, 2.05) is 41.3 Å². The summed E-state index contributed by atoms with van der Waals surface area (Å²) in [4.78, 5) is 20.1. The van der Waals surface area contributed by atoms with Gasteiger partial charge in [-0.2, -0.15) is 0 Å². The molecule has 0 N–H and O–H groups in total. The number of methoxy groups -OCH3 is 1. The van der Waals surface area contributed by atoms with E-state index >= 15 is 0 Å². The van der Waals surface area contributed by atoms with Crippen LogP contribution < -0.4 is 29.4 Å². The van der Waals surface area contributed by atoms with Gasteiger partial charge >= 0.3 is 0 Å². The summed E-state index contributed by atoms with van der Waals surface area (Å²) in [6.45, 7) is 4.04.